The van der Waals surface area contributed by atoms with Crippen LogP contribution in [0.15, 0.2) is 42.5 Å². The molecule has 128 valence electrons. The summed E-state index contributed by atoms with van der Waals surface area (Å²) in [5.74, 6) is -0.221. The monoisotopic (exact) mass is 441 g/mol. The second kappa shape index (κ2) is 9.00. The SMILES string of the molecule is COc1ccc(CCc2c(I)cccc2CN(O)CC(=O)O)cc1. The Kier molecular flexibility index (Phi) is 7.01. The topological polar surface area (TPSA) is 70.0 Å². The van der Waals surface area contributed by atoms with Crippen molar-refractivity contribution in [3.05, 3.63) is 62.7 Å². The zero-order chi connectivity index (χ0) is 17.5. The summed E-state index contributed by atoms with van der Waals surface area (Å²) in [5.41, 5.74) is 3.28. The fraction of sp³-hybridized carbons (Fsp3) is 0.278. The molecule has 0 fully saturated rings. The van der Waals surface area contributed by atoms with E-state index in [0.29, 0.717) is 0 Å². The van der Waals surface area contributed by atoms with Gasteiger partial charge in [0.15, 0.2) is 0 Å². The van der Waals surface area contributed by atoms with Gasteiger partial charge in [-0.25, -0.2) is 0 Å². The molecule has 0 aromatic heterocycles. The van der Waals surface area contributed by atoms with E-state index in [2.05, 4.69) is 22.6 Å². The molecule has 0 unspecified atom stereocenters. The second-order valence-corrected chi connectivity index (χ2v) is 6.60. The lowest BCUT2D eigenvalue weighted by Gasteiger charge is -2.17. The van der Waals surface area contributed by atoms with Crippen molar-refractivity contribution in [1.29, 1.82) is 0 Å². The first kappa shape index (κ1) is 18.7. The van der Waals surface area contributed by atoms with Crippen molar-refractivity contribution in [2.24, 2.45) is 0 Å². The highest BCUT2D eigenvalue weighted by atomic mass is 127. The van der Waals surface area contributed by atoms with Crippen LogP contribution >= 0.6 is 22.6 Å². The number of ether oxygens (including phenoxy) is 1. The van der Waals surface area contributed by atoms with E-state index >= 15 is 0 Å². The maximum Gasteiger partial charge on any atom is 0.320 e. The normalized spacial score (nSPS) is 10.8. The van der Waals surface area contributed by atoms with Crippen LogP contribution in [0.4, 0.5) is 0 Å². The van der Waals surface area contributed by atoms with Crippen LogP contribution in [0.5, 0.6) is 5.75 Å². The molecular weight excluding hydrogens is 421 g/mol. The minimum atomic E-state index is -1.05. The Labute approximate surface area is 155 Å². The van der Waals surface area contributed by atoms with Gasteiger partial charge in [-0.2, -0.15) is 5.06 Å². The first-order valence-corrected chi connectivity index (χ1v) is 8.62. The summed E-state index contributed by atoms with van der Waals surface area (Å²) < 4.78 is 6.28. The quantitative estimate of drug-likeness (QED) is 0.486. The van der Waals surface area contributed by atoms with Gasteiger partial charge in [0, 0.05) is 10.1 Å². The van der Waals surface area contributed by atoms with Crippen molar-refractivity contribution in [2.45, 2.75) is 19.4 Å². The number of aliphatic carboxylic acids is 1. The number of nitrogens with zero attached hydrogens (tertiary/aromatic N) is 1. The lowest BCUT2D eigenvalue weighted by Crippen LogP contribution is -2.26. The van der Waals surface area contributed by atoms with Gasteiger partial charge in [-0.3, -0.25) is 4.79 Å². The number of carboxylic acids is 1. The van der Waals surface area contributed by atoms with E-state index in [1.54, 1.807) is 7.11 Å². The molecule has 0 radical (unpaired) electrons. The molecule has 2 N–H and O–H groups in total. The third-order valence-electron chi connectivity index (χ3n) is 3.71. The second-order valence-electron chi connectivity index (χ2n) is 5.44. The number of aryl methyl sites for hydroxylation is 1. The standard InChI is InChI=1S/C18H20INO4/c1-24-15-8-5-13(6-9-15)7-10-16-14(3-2-4-17(16)19)11-20(23)12-18(21)22/h2-6,8-9,23H,7,10-12H2,1H3,(H,21,22). The van der Waals surface area contributed by atoms with Crippen molar-refractivity contribution < 1.29 is 19.8 Å². The molecule has 24 heavy (non-hydrogen) atoms. The van der Waals surface area contributed by atoms with Crippen LogP contribution < -0.4 is 4.74 Å². The molecule has 0 atom stereocenters. The Hall–Kier alpha value is -1.64. The minimum absolute atomic E-state index is 0.196. The molecule has 0 amide bonds. The highest BCUT2D eigenvalue weighted by Gasteiger charge is 2.12. The maximum atomic E-state index is 10.7. The van der Waals surface area contributed by atoms with Crippen LogP contribution in [0.3, 0.4) is 0 Å². The van der Waals surface area contributed by atoms with Crippen LogP contribution in [0, 0.1) is 3.57 Å². The summed E-state index contributed by atoms with van der Waals surface area (Å²) in [6, 6.07) is 13.8. The van der Waals surface area contributed by atoms with Crippen molar-refractivity contribution in [2.75, 3.05) is 13.7 Å². The molecular formula is C18H20INO4. The summed E-state index contributed by atoms with van der Waals surface area (Å²) in [5, 5.41) is 19.4. The minimum Gasteiger partial charge on any atom is -0.497 e. The van der Waals surface area contributed by atoms with Crippen molar-refractivity contribution >= 4 is 28.6 Å². The number of methoxy groups -OCH3 is 1. The first-order valence-electron chi connectivity index (χ1n) is 7.54. The fourth-order valence-electron chi connectivity index (χ4n) is 2.50. The Morgan fingerprint density at radius 1 is 1.17 bits per heavy atom. The van der Waals surface area contributed by atoms with Crippen molar-refractivity contribution in [1.82, 2.24) is 5.06 Å². The van der Waals surface area contributed by atoms with E-state index in [9.17, 15) is 10.0 Å². The zero-order valence-corrected chi connectivity index (χ0v) is 15.6. The third kappa shape index (κ3) is 5.47. The number of rotatable bonds is 8. The summed E-state index contributed by atoms with van der Waals surface area (Å²) in [6.07, 6.45) is 1.68. The number of carbonyl (C=O) groups is 1. The average Bonchev–Trinajstić information content (AvgIpc) is 2.54. The summed E-state index contributed by atoms with van der Waals surface area (Å²) in [6.45, 7) is -0.204. The largest absolute Gasteiger partial charge is 0.497 e. The summed E-state index contributed by atoms with van der Waals surface area (Å²) in [7, 11) is 1.64. The molecule has 0 bridgehead atoms. The number of carboxylic acid groups (broad SMARTS) is 1. The summed E-state index contributed by atoms with van der Waals surface area (Å²) in [4.78, 5) is 10.7. The highest BCUT2D eigenvalue weighted by Crippen LogP contribution is 2.21. The van der Waals surface area contributed by atoms with Crippen LogP contribution in [-0.2, 0) is 24.2 Å². The van der Waals surface area contributed by atoms with E-state index in [4.69, 9.17) is 9.84 Å². The molecule has 0 aliphatic carbocycles. The van der Waals surface area contributed by atoms with E-state index in [-0.39, 0.29) is 6.54 Å². The molecule has 0 saturated carbocycles. The Morgan fingerprint density at radius 2 is 1.88 bits per heavy atom. The van der Waals surface area contributed by atoms with Gasteiger partial charge in [-0.1, -0.05) is 24.3 Å². The van der Waals surface area contributed by atoms with Gasteiger partial charge in [0.25, 0.3) is 0 Å². The van der Waals surface area contributed by atoms with Crippen LogP contribution in [0.25, 0.3) is 0 Å². The Morgan fingerprint density at radius 3 is 2.50 bits per heavy atom. The molecule has 6 heteroatoms. The number of hydrogen-bond donors (Lipinski definition) is 2. The van der Waals surface area contributed by atoms with E-state index in [0.717, 1.165) is 38.4 Å². The van der Waals surface area contributed by atoms with Gasteiger partial charge in [0.2, 0.25) is 0 Å². The predicted octanol–water partition coefficient (Wildman–Crippen LogP) is 3.36. The smallest absolute Gasteiger partial charge is 0.320 e. The van der Waals surface area contributed by atoms with Crippen molar-refractivity contribution in [3.8, 4) is 5.75 Å². The lowest BCUT2D eigenvalue weighted by atomic mass is 9.99. The lowest BCUT2D eigenvalue weighted by molar-refractivity contribution is -0.155. The highest BCUT2D eigenvalue weighted by molar-refractivity contribution is 14.1. The van der Waals surface area contributed by atoms with Crippen LogP contribution in [0.1, 0.15) is 16.7 Å². The van der Waals surface area contributed by atoms with E-state index < -0.39 is 12.5 Å². The van der Waals surface area contributed by atoms with Crippen LogP contribution in [-0.4, -0.2) is 35.0 Å². The zero-order valence-electron chi connectivity index (χ0n) is 13.4. The van der Waals surface area contributed by atoms with Gasteiger partial charge in [-0.05, 0) is 70.3 Å². The molecule has 2 aromatic carbocycles. The number of benzene rings is 2. The molecule has 2 aromatic rings. The fourth-order valence-corrected chi connectivity index (χ4v) is 3.33. The molecule has 2 rings (SSSR count). The van der Waals surface area contributed by atoms with Crippen LogP contribution in [0.2, 0.25) is 0 Å². The molecule has 0 spiro atoms. The predicted molar refractivity (Wildman–Crippen MR) is 99.4 cm³/mol. The van der Waals surface area contributed by atoms with Crippen molar-refractivity contribution in [3.63, 3.8) is 0 Å². The maximum absolute atomic E-state index is 10.7. The van der Waals surface area contributed by atoms with E-state index in [1.807, 2.05) is 42.5 Å². The van der Waals surface area contributed by atoms with Gasteiger partial charge in [-0.15, -0.1) is 0 Å². The number of hydroxylamine groups is 2. The molecule has 5 nitrogen and oxygen atoms in total. The molecule has 0 aliphatic heterocycles. The Balaban J connectivity index is 2.09. The Bertz CT molecular complexity index is 688. The number of hydrogen-bond acceptors (Lipinski definition) is 4. The third-order valence-corrected chi connectivity index (χ3v) is 4.72. The molecule has 0 heterocycles. The van der Waals surface area contributed by atoms with Gasteiger partial charge in [0.1, 0.15) is 12.3 Å². The van der Waals surface area contributed by atoms with E-state index in [1.165, 1.54) is 5.56 Å². The van der Waals surface area contributed by atoms with Gasteiger partial charge >= 0.3 is 5.97 Å². The molecule has 0 aliphatic rings. The molecule has 0 saturated heterocycles. The average molecular weight is 441 g/mol. The number of halogens is 1. The first-order chi connectivity index (χ1) is 11.5. The van der Waals surface area contributed by atoms with Gasteiger partial charge < -0.3 is 15.1 Å². The van der Waals surface area contributed by atoms with Gasteiger partial charge in [0.05, 0.1) is 7.11 Å². The summed E-state index contributed by atoms with van der Waals surface area (Å²) >= 11 is 2.28.